The SMILES string of the molecule is CCN1CCC(C(C)NC(C)Cc2ccc(F)cc2)CC1. The van der Waals surface area contributed by atoms with Gasteiger partial charge in [-0.15, -0.1) is 0 Å². The molecule has 1 aromatic rings. The lowest BCUT2D eigenvalue weighted by Crippen LogP contribution is -2.45. The van der Waals surface area contributed by atoms with Crippen LogP contribution in [-0.4, -0.2) is 36.6 Å². The van der Waals surface area contributed by atoms with Crippen LogP contribution in [0.5, 0.6) is 0 Å². The Morgan fingerprint density at radius 1 is 1.19 bits per heavy atom. The maximum Gasteiger partial charge on any atom is 0.123 e. The molecule has 1 saturated heterocycles. The Labute approximate surface area is 128 Å². The molecule has 1 fully saturated rings. The topological polar surface area (TPSA) is 15.3 Å². The number of piperidine rings is 1. The van der Waals surface area contributed by atoms with Crippen molar-refractivity contribution in [3.63, 3.8) is 0 Å². The van der Waals surface area contributed by atoms with E-state index in [2.05, 4.69) is 31.0 Å². The summed E-state index contributed by atoms with van der Waals surface area (Å²) < 4.78 is 12.9. The fourth-order valence-corrected chi connectivity index (χ4v) is 3.39. The zero-order valence-corrected chi connectivity index (χ0v) is 13.6. The van der Waals surface area contributed by atoms with Crippen LogP contribution in [0.1, 0.15) is 39.2 Å². The minimum Gasteiger partial charge on any atom is -0.311 e. The summed E-state index contributed by atoms with van der Waals surface area (Å²) in [5.74, 6) is 0.624. The van der Waals surface area contributed by atoms with Gasteiger partial charge in [0.2, 0.25) is 0 Å². The van der Waals surface area contributed by atoms with E-state index in [9.17, 15) is 4.39 Å². The quantitative estimate of drug-likeness (QED) is 0.863. The van der Waals surface area contributed by atoms with E-state index in [4.69, 9.17) is 0 Å². The van der Waals surface area contributed by atoms with Crippen molar-refractivity contribution in [3.8, 4) is 0 Å². The molecule has 3 heteroatoms. The zero-order valence-electron chi connectivity index (χ0n) is 13.6. The first-order valence-electron chi connectivity index (χ1n) is 8.31. The van der Waals surface area contributed by atoms with Crippen molar-refractivity contribution in [3.05, 3.63) is 35.6 Å². The largest absolute Gasteiger partial charge is 0.311 e. The summed E-state index contributed by atoms with van der Waals surface area (Å²) in [4.78, 5) is 2.53. The summed E-state index contributed by atoms with van der Waals surface area (Å²) >= 11 is 0. The number of benzene rings is 1. The Hall–Kier alpha value is -0.930. The van der Waals surface area contributed by atoms with Crippen LogP contribution in [-0.2, 0) is 6.42 Å². The molecule has 1 heterocycles. The molecule has 0 aromatic heterocycles. The molecular formula is C18H29FN2. The lowest BCUT2D eigenvalue weighted by atomic mass is 9.89. The molecule has 1 N–H and O–H groups in total. The second-order valence-corrected chi connectivity index (χ2v) is 6.46. The van der Waals surface area contributed by atoms with Gasteiger partial charge in [-0.1, -0.05) is 19.1 Å². The van der Waals surface area contributed by atoms with Crippen molar-refractivity contribution in [2.75, 3.05) is 19.6 Å². The molecular weight excluding hydrogens is 263 g/mol. The Kier molecular flexibility index (Phi) is 6.19. The highest BCUT2D eigenvalue weighted by atomic mass is 19.1. The van der Waals surface area contributed by atoms with Crippen LogP contribution < -0.4 is 5.32 Å². The lowest BCUT2D eigenvalue weighted by Gasteiger charge is -2.35. The summed E-state index contributed by atoms with van der Waals surface area (Å²) in [5, 5.41) is 3.73. The van der Waals surface area contributed by atoms with Gasteiger partial charge in [-0.2, -0.15) is 0 Å². The van der Waals surface area contributed by atoms with Crippen LogP contribution in [0.15, 0.2) is 24.3 Å². The summed E-state index contributed by atoms with van der Waals surface area (Å²) in [6.45, 7) is 10.4. The van der Waals surface area contributed by atoms with Crippen LogP contribution in [0.3, 0.4) is 0 Å². The van der Waals surface area contributed by atoms with Gasteiger partial charge < -0.3 is 10.2 Å². The van der Waals surface area contributed by atoms with Crippen LogP contribution in [0.25, 0.3) is 0 Å². The molecule has 1 aromatic carbocycles. The van der Waals surface area contributed by atoms with E-state index in [0.29, 0.717) is 12.1 Å². The molecule has 2 rings (SSSR count). The van der Waals surface area contributed by atoms with Gasteiger partial charge in [0.15, 0.2) is 0 Å². The van der Waals surface area contributed by atoms with E-state index in [1.54, 1.807) is 12.1 Å². The highest BCUT2D eigenvalue weighted by Crippen LogP contribution is 2.21. The van der Waals surface area contributed by atoms with Gasteiger partial charge in [-0.05, 0) is 76.4 Å². The molecule has 1 aliphatic rings. The van der Waals surface area contributed by atoms with Gasteiger partial charge in [0.1, 0.15) is 5.82 Å². The zero-order chi connectivity index (χ0) is 15.2. The third kappa shape index (κ3) is 5.08. The van der Waals surface area contributed by atoms with Crippen LogP contribution in [0, 0.1) is 11.7 Å². The second kappa shape index (κ2) is 7.90. The minimum atomic E-state index is -0.157. The third-order valence-corrected chi connectivity index (χ3v) is 4.79. The summed E-state index contributed by atoms with van der Waals surface area (Å²) in [7, 11) is 0. The highest BCUT2D eigenvalue weighted by molar-refractivity contribution is 5.17. The standard InChI is InChI=1S/C18H29FN2/c1-4-21-11-9-17(10-12-21)15(3)20-14(2)13-16-5-7-18(19)8-6-16/h5-8,14-15,17,20H,4,9-13H2,1-3H3. The predicted octanol–water partition coefficient (Wildman–Crippen LogP) is 3.47. The van der Waals surface area contributed by atoms with Crippen LogP contribution in [0.2, 0.25) is 0 Å². The molecule has 2 nitrogen and oxygen atoms in total. The van der Waals surface area contributed by atoms with Gasteiger partial charge in [0.05, 0.1) is 0 Å². The normalized spacial score (nSPS) is 20.4. The van der Waals surface area contributed by atoms with Gasteiger partial charge in [-0.3, -0.25) is 0 Å². The number of likely N-dealkylation sites (tertiary alicyclic amines) is 1. The lowest BCUT2D eigenvalue weighted by molar-refractivity contribution is 0.165. The number of hydrogen-bond acceptors (Lipinski definition) is 2. The average molecular weight is 292 g/mol. The third-order valence-electron chi connectivity index (χ3n) is 4.79. The molecule has 118 valence electrons. The Balaban J connectivity index is 1.76. The van der Waals surface area contributed by atoms with E-state index >= 15 is 0 Å². The fraction of sp³-hybridized carbons (Fsp3) is 0.667. The summed E-state index contributed by atoms with van der Waals surface area (Å²) in [6, 6.07) is 7.85. The van der Waals surface area contributed by atoms with Crippen LogP contribution in [0.4, 0.5) is 4.39 Å². The summed E-state index contributed by atoms with van der Waals surface area (Å²) in [6.07, 6.45) is 3.55. The number of halogens is 1. The van der Waals surface area contributed by atoms with Crippen molar-refractivity contribution in [2.24, 2.45) is 5.92 Å². The number of nitrogens with zero attached hydrogens (tertiary/aromatic N) is 1. The number of hydrogen-bond donors (Lipinski definition) is 1. The number of rotatable bonds is 6. The van der Waals surface area contributed by atoms with E-state index in [0.717, 1.165) is 12.3 Å². The first-order chi connectivity index (χ1) is 10.1. The Bertz CT molecular complexity index is 410. The minimum absolute atomic E-state index is 0.157. The smallest absolute Gasteiger partial charge is 0.123 e. The Morgan fingerprint density at radius 2 is 1.81 bits per heavy atom. The van der Waals surface area contributed by atoms with E-state index in [1.807, 2.05) is 12.1 Å². The van der Waals surface area contributed by atoms with Gasteiger partial charge in [0, 0.05) is 12.1 Å². The van der Waals surface area contributed by atoms with Gasteiger partial charge in [-0.25, -0.2) is 4.39 Å². The van der Waals surface area contributed by atoms with Crippen molar-refractivity contribution >= 4 is 0 Å². The molecule has 21 heavy (non-hydrogen) atoms. The first-order valence-corrected chi connectivity index (χ1v) is 8.31. The molecule has 0 amide bonds. The molecule has 0 spiro atoms. The monoisotopic (exact) mass is 292 g/mol. The first kappa shape index (κ1) is 16.4. The molecule has 0 saturated carbocycles. The van der Waals surface area contributed by atoms with Crippen LogP contribution >= 0.6 is 0 Å². The highest BCUT2D eigenvalue weighted by Gasteiger charge is 2.23. The molecule has 2 atom stereocenters. The molecule has 1 aliphatic heterocycles. The fourth-order valence-electron chi connectivity index (χ4n) is 3.39. The van der Waals surface area contributed by atoms with Crippen molar-refractivity contribution < 1.29 is 4.39 Å². The van der Waals surface area contributed by atoms with E-state index in [-0.39, 0.29) is 5.82 Å². The van der Waals surface area contributed by atoms with E-state index < -0.39 is 0 Å². The maximum atomic E-state index is 12.9. The van der Waals surface area contributed by atoms with Gasteiger partial charge >= 0.3 is 0 Å². The van der Waals surface area contributed by atoms with Crippen molar-refractivity contribution in [1.82, 2.24) is 10.2 Å². The molecule has 0 radical (unpaired) electrons. The van der Waals surface area contributed by atoms with E-state index in [1.165, 1.54) is 38.0 Å². The van der Waals surface area contributed by atoms with Crippen molar-refractivity contribution in [1.29, 1.82) is 0 Å². The summed E-state index contributed by atoms with van der Waals surface area (Å²) in [5.41, 5.74) is 1.20. The predicted molar refractivity (Wildman–Crippen MR) is 87.0 cm³/mol. The molecule has 0 bridgehead atoms. The maximum absolute atomic E-state index is 12.9. The number of nitrogens with one attached hydrogen (secondary N) is 1. The second-order valence-electron chi connectivity index (χ2n) is 6.46. The van der Waals surface area contributed by atoms with Crippen molar-refractivity contribution in [2.45, 2.75) is 52.1 Å². The van der Waals surface area contributed by atoms with Gasteiger partial charge in [0.25, 0.3) is 0 Å². The Morgan fingerprint density at radius 3 is 2.38 bits per heavy atom. The average Bonchev–Trinajstić information content (AvgIpc) is 2.49. The molecule has 0 aliphatic carbocycles. The molecule has 2 unspecified atom stereocenters.